The Morgan fingerprint density at radius 3 is 1.91 bits per heavy atom. The molecule has 1 rings (SSSR count). The molecule has 0 unspecified atom stereocenters. The number of hydrogen-bond acceptors (Lipinski definition) is 2. The van der Waals surface area contributed by atoms with Gasteiger partial charge in [-0.3, -0.25) is 0 Å². The predicted molar refractivity (Wildman–Crippen MR) is 99.8 cm³/mol. The minimum atomic E-state index is 0.0864. The second-order valence-electron chi connectivity index (χ2n) is 6.19. The largest absolute Gasteiger partial charge is 0.508 e. The molecule has 0 aliphatic rings. The van der Waals surface area contributed by atoms with Crippen molar-refractivity contribution in [2.75, 3.05) is 0 Å². The average molecular weight is 316 g/mol. The van der Waals surface area contributed by atoms with Crippen molar-refractivity contribution in [1.82, 2.24) is 0 Å². The van der Waals surface area contributed by atoms with E-state index in [2.05, 4.69) is 13.0 Å². The third-order valence-electron chi connectivity index (χ3n) is 3.94. The van der Waals surface area contributed by atoms with Crippen LogP contribution in [0.3, 0.4) is 0 Å². The van der Waals surface area contributed by atoms with Gasteiger partial charge in [0.05, 0.1) is 0 Å². The molecule has 0 aliphatic carbocycles. The van der Waals surface area contributed by atoms with E-state index in [1.165, 1.54) is 63.9 Å². The Bertz CT molecular complexity index is 454. The highest BCUT2D eigenvalue weighted by Crippen LogP contribution is 2.21. The van der Waals surface area contributed by atoms with Gasteiger partial charge in [0.15, 0.2) is 0 Å². The highest BCUT2D eigenvalue weighted by molar-refractivity contribution is 5.55. The van der Waals surface area contributed by atoms with Crippen molar-refractivity contribution in [1.29, 1.82) is 0 Å². The summed E-state index contributed by atoms with van der Waals surface area (Å²) in [5, 5.41) is 18.8. The van der Waals surface area contributed by atoms with Gasteiger partial charge in [0.2, 0.25) is 0 Å². The first-order valence-electron chi connectivity index (χ1n) is 9.08. The molecule has 0 radical (unpaired) electrons. The van der Waals surface area contributed by atoms with Gasteiger partial charge in [0, 0.05) is 6.07 Å². The molecule has 0 aromatic heterocycles. The van der Waals surface area contributed by atoms with Gasteiger partial charge in [0.1, 0.15) is 11.5 Å². The summed E-state index contributed by atoms with van der Waals surface area (Å²) >= 11 is 0. The Labute approximate surface area is 141 Å². The maximum Gasteiger partial charge on any atom is 0.119 e. The summed E-state index contributed by atoms with van der Waals surface area (Å²) in [5.41, 5.74) is 0.801. The summed E-state index contributed by atoms with van der Waals surface area (Å²) in [6.07, 6.45) is 21.4. The first kappa shape index (κ1) is 19.3. The van der Waals surface area contributed by atoms with Crippen molar-refractivity contribution in [2.24, 2.45) is 0 Å². The van der Waals surface area contributed by atoms with Crippen LogP contribution in [-0.4, -0.2) is 10.2 Å². The molecule has 1 aromatic carbocycles. The summed E-state index contributed by atoms with van der Waals surface area (Å²) in [7, 11) is 0. The topological polar surface area (TPSA) is 40.5 Å². The van der Waals surface area contributed by atoms with Crippen LogP contribution in [-0.2, 0) is 0 Å². The smallest absolute Gasteiger partial charge is 0.119 e. The van der Waals surface area contributed by atoms with E-state index in [4.69, 9.17) is 0 Å². The van der Waals surface area contributed by atoms with Crippen molar-refractivity contribution in [3.63, 3.8) is 0 Å². The van der Waals surface area contributed by atoms with Gasteiger partial charge < -0.3 is 10.2 Å². The van der Waals surface area contributed by atoms with Crippen molar-refractivity contribution in [3.05, 3.63) is 42.0 Å². The number of phenols is 2. The molecule has 0 fully saturated rings. The number of aromatic hydroxyl groups is 2. The van der Waals surface area contributed by atoms with Gasteiger partial charge in [-0.25, -0.2) is 0 Å². The molecule has 0 atom stereocenters. The van der Waals surface area contributed by atoms with Crippen LogP contribution in [0.1, 0.15) is 76.7 Å². The fourth-order valence-electron chi connectivity index (χ4n) is 2.63. The Morgan fingerprint density at radius 1 is 0.739 bits per heavy atom. The molecule has 0 spiro atoms. The second kappa shape index (κ2) is 12.8. The maximum atomic E-state index is 9.39. The van der Waals surface area contributed by atoms with Crippen LogP contribution in [0, 0.1) is 0 Å². The van der Waals surface area contributed by atoms with E-state index in [1.807, 2.05) is 18.2 Å². The van der Waals surface area contributed by atoms with E-state index in [1.54, 1.807) is 12.1 Å². The molecule has 23 heavy (non-hydrogen) atoms. The van der Waals surface area contributed by atoms with E-state index in [0.29, 0.717) is 0 Å². The lowest BCUT2D eigenvalue weighted by Crippen LogP contribution is -1.80. The number of rotatable bonds is 12. The molecule has 0 saturated heterocycles. The van der Waals surface area contributed by atoms with Crippen LogP contribution in [0.4, 0.5) is 0 Å². The number of unbranched alkanes of at least 4 members (excludes halogenated alkanes) is 9. The Kier molecular flexibility index (Phi) is 10.8. The third-order valence-corrected chi connectivity index (χ3v) is 3.94. The van der Waals surface area contributed by atoms with E-state index in [0.717, 1.165) is 12.0 Å². The number of hydrogen-bond donors (Lipinski definition) is 2. The van der Waals surface area contributed by atoms with Crippen molar-refractivity contribution < 1.29 is 10.2 Å². The second-order valence-corrected chi connectivity index (χ2v) is 6.19. The lowest BCUT2D eigenvalue weighted by Gasteiger charge is -2.00. The summed E-state index contributed by atoms with van der Waals surface area (Å²) in [5.74, 6) is 0.173. The molecule has 2 N–H and O–H groups in total. The summed E-state index contributed by atoms with van der Waals surface area (Å²) in [6.45, 7) is 2.26. The van der Waals surface area contributed by atoms with Gasteiger partial charge >= 0.3 is 0 Å². The van der Waals surface area contributed by atoms with Gasteiger partial charge in [-0.05, 0) is 30.5 Å². The first-order chi connectivity index (χ1) is 11.2. The van der Waals surface area contributed by atoms with Crippen LogP contribution in [0.5, 0.6) is 11.5 Å². The highest BCUT2D eigenvalue weighted by atomic mass is 16.3. The predicted octanol–water partition coefficient (Wildman–Crippen LogP) is 6.59. The SMILES string of the molecule is CCCCCCCCCCC/C=C/C=C/c1cc(O)cc(O)c1. The number of phenolic OH excluding ortho intramolecular Hbond substituents is 2. The van der Waals surface area contributed by atoms with Crippen molar-refractivity contribution >= 4 is 6.08 Å². The van der Waals surface area contributed by atoms with Gasteiger partial charge in [-0.1, -0.05) is 82.6 Å². The Hall–Kier alpha value is -1.70. The molecule has 0 heterocycles. The molecule has 0 bridgehead atoms. The molecule has 1 aromatic rings. The van der Waals surface area contributed by atoms with Crippen LogP contribution in [0.15, 0.2) is 36.4 Å². The molecule has 2 nitrogen and oxygen atoms in total. The van der Waals surface area contributed by atoms with Crippen molar-refractivity contribution in [2.45, 2.75) is 71.1 Å². The summed E-state index contributed by atoms with van der Waals surface area (Å²) in [6, 6.07) is 4.59. The highest BCUT2D eigenvalue weighted by Gasteiger charge is 1.94. The Balaban J connectivity index is 2.03. The van der Waals surface area contributed by atoms with Gasteiger partial charge in [-0.15, -0.1) is 0 Å². The molecule has 0 aliphatic heterocycles. The van der Waals surface area contributed by atoms with E-state index >= 15 is 0 Å². The number of benzene rings is 1. The van der Waals surface area contributed by atoms with Crippen LogP contribution >= 0.6 is 0 Å². The zero-order chi connectivity index (χ0) is 16.8. The fraction of sp³-hybridized carbons (Fsp3) is 0.524. The van der Waals surface area contributed by atoms with E-state index in [-0.39, 0.29) is 11.5 Å². The normalized spacial score (nSPS) is 11.7. The minimum absolute atomic E-state index is 0.0864. The van der Waals surface area contributed by atoms with Crippen molar-refractivity contribution in [3.8, 4) is 11.5 Å². The average Bonchev–Trinajstić information content (AvgIpc) is 2.51. The maximum absolute atomic E-state index is 9.39. The first-order valence-corrected chi connectivity index (χ1v) is 9.08. The zero-order valence-corrected chi connectivity index (χ0v) is 14.5. The monoisotopic (exact) mass is 316 g/mol. The van der Waals surface area contributed by atoms with Crippen LogP contribution in [0.2, 0.25) is 0 Å². The lowest BCUT2D eigenvalue weighted by atomic mass is 10.1. The fourth-order valence-corrected chi connectivity index (χ4v) is 2.63. The quantitative estimate of drug-likeness (QED) is 0.337. The number of allylic oxidation sites excluding steroid dienone is 3. The Morgan fingerprint density at radius 2 is 1.30 bits per heavy atom. The zero-order valence-electron chi connectivity index (χ0n) is 14.5. The van der Waals surface area contributed by atoms with Crippen LogP contribution in [0.25, 0.3) is 6.08 Å². The van der Waals surface area contributed by atoms with Gasteiger partial charge in [0.25, 0.3) is 0 Å². The lowest BCUT2D eigenvalue weighted by molar-refractivity contribution is 0.450. The van der Waals surface area contributed by atoms with E-state index in [9.17, 15) is 10.2 Å². The molecule has 2 heteroatoms. The molecule has 0 amide bonds. The molecule has 128 valence electrons. The van der Waals surface area contributed by atoms with E-state index < -0.39 is 0 Å². The molecular formula is C21H32O2. The minimum Gasteiger partial charge on any atom is -0.508 e. The third kappa shape index (κ3) is 10.6. The molecule has 0 saturated carbocycles. The summed E-state index contributed by atoms with van der Waals surface area (Å²) in [4.78, 5) is 0. The summed E-state index contributed by atoms with van der Waals surface area (Å²) < 4.78 is 0. The van der Waals surface area contributed by atoms with Gasteiger partial charge in [-0.2, -0.15) is 0 Å². The molecular weight excluding hydrogens is 284 g/mol. The standard InChI is InChI=1S/C21H32O2/c1-2-3-4-5-6-7-8-9-10-11-12-13-14-15-19-16-20(22)18-21(23)17-19/h12-18,22-23H,2-11H2,1H3/b13-12+,15-14+. The van der Waals surface area contributed by atoms with Crippen LogP contribution < -0.4 is 0 Å².